The number of rotatable bonds is 4. The first-order valence-corrected chi connectivity index (χ1v) is 4.66. The fourth-order valence-corrected chi connectivity index (χ4v) is 1.42. The van der Waals surface area contributed by atoms with Gasteiger partial charge in [-0.1, -0.05) is 18.7 Å². The van der Waals surface area contributed by atoms with Crippen LogP contribution in [0.2, 0.25) is 0 Å². The van der Waals surface area contributed by atoms with Crippen LogP contribution in [0.25, 0.3) is 12.2 Å². The van der Waals surface area contributed by atoms with E-state index in [-0.39, 0.29) is 0 Å². The van der Waals surface area contributed by atoms with Crippen molar-refractivity contribution in [3.8, 4) is 0 Å². The predicted octanol–water partition coefficient (Wildman–Crippen LogP) is 2.82. The average molecular weight is 188 g/mol. The van der Waals surface area contributed by atoms with Crippen molar-refractivity contribution in [3.63, 3.8) is 0 Å². The van der Waals surface area contributed by atoms with Crippen LogP contribution in [0.4, 0.5) is 0 Å². The van der Waals surface area contributed by atoms with Crippen LogP contribution in [0.3, 0.4) is 0 Å². The van der Waals surface area contributed by atoms with Gasteiger partial charge in [0, 0.05) is 13.5 Å². The van der Waals surface area contributed by atoms with Gasteiger partial charge in [-0.2, -0.15) is 0 Å². The highest BCUT2D eigenvalue weighted by Crippen LogP contribution is 2.14. The lowest BCUT2D eigenvalue weighted by atomic mass is 10.3. The number of hydrogen-bond donors (Lipinski definition) is 0. The first-order chi connectivity index (χ1) is 6.74. The van der Waals surface area contributed by atoms with Crippen LogP contribution in [0.5, 0.6) is 0 Å². The van der Waals surface area contributed by atoms with E-state index < -0.39 is 0 Å². The van der Waals surface area contributed by atoms with Crippen molar-refractivity contribution in [2.24, 2.45) is 7.05 Å². The van der Waals surface area contributed by atoms with E-state index in [1.54, 1.807) is 0 Å². The minimum absolute atomic E-state index is 0.787. The Hall–Kier alpha value is -1.57. The second-order valence-electron chi connectivity index (χ2n) is 3.05. The van der Waals surface area contributed by atoms with Crippen molar-refractivity contribution in [3.05, 3.63) is 42.5 Å². The first kappa shape index (κ1) is 10.5. The van der Waals surface area contributed by atoms with E-state index >= 15 is 0 Å². The van der Waals surface area contributed by atoms with Crippen molar-refractivity contribution < 1.29 is 0 Å². The number of imidazole rings is 1. The molecule has 14 heavy (non-hydrogen) atoms. The highest BCUT2D eigenvalue weighted by molar-refractivity contribution is 5.59. The Balaban J connectivity index is 3.23. The molecule has 0 spiro atoms. The quantitative estimate of drug-likeness (QED) is 0.664. The molecule has 0 unspecified atom stereocenters. The number of nitrogens with zero attached hydrogens (tertiary/aromatic N) is 2. The Morgan fingerprint density at radius 3 is 2.64 bits per heavy atom. The third-order valence-electron chi connectivity index (χ3n) is 2.11. The second-order valence-corrected chi connectivity index (χ2v) is 3.05. The van der Waals surface area contributed by atoms with Gasteiger partial charge in [-0.25, -0.2) is 4.98 Å². The van der Waals surface area contributed by atoms with Gasteiger partial charge in [-0.15, -0.1) is 6.58 Å². The van der Waals surface area contributed by atoms with Gasteiger partial charge in [-0.05, 0) is 19.1 Å². The molecule has 2 nitrogen and oxygen atoms in total. The zero-order valence-electron chi connectivity index (χ0n) is 8.83. The average Bonchev–Trinajstić information content (AvgIpc) is 2.45. The molecule has 2 heteroatoms. The zero-order valence-corrected chi connectivity index (χ0v) is 8.83. The SMILES string of the molecule is C=CCc1nc(/C=C\C)c(C=C)n1C. The van der Waals surface area contributed by atoms with Gasteiger partial charge in [0.1, 0.15) is 5.82 Å². The summed E-state index contributed by atoms with van der Waals surface area (Å²) in [5.74, 6) is 1.02. The summed E-state index contributed by atoms with van der Waals surface area (Å²) in [5.41, 5.74) is 2.03. The van der Waals surface area contributed by atoms with Gasteiger partial charge in [-0.3, -0.25) is 0 Å². The van der Waals surface area contributed by atoms with Crippen molar-refractivity contribution in [2.75, 3.05) is 0 Å². The molecule has 0 atom stereocenters. The number of hydrogen-bond acceptors (Lipinski definition) is 1. The summed E-state index contributed by atoms with van der Waals surface area (Å²) < 4.78 is 2.05. The monoisotopic (exact) mass is 188 g/mol. The van der Waals surface area contributed by atoms with E-state index in [4.69, 9.17) is 0 Å². The minimum atomic E-state index is 0.787. The molecule has 1 heterocycles. The summed E-state index contributed by atoms with van der Waals surface area (Å²) in [6, 6.07) is 0. The van der Waals surface area contributed by atoms with E-state index in [9.17, 15) is 0 Å². The van der Waals surface area contributed by atoms with Crippen LogP contribution in [-0.2, 0) is 13.5 Å². The Bertz CT molecular complexity index is 370. The molecule has 0 aromatic carbocycles. The molecule has 0 N–H and O–H groups in total. The smallest absolute Gasteiger partial charge is 0.113 e. The van der Waals surface area contributed by atoms with Crippen LogP contribution in [0.1, 0.15) is 24.1 Å². The third kappa shape index (κ3) is 1.84. The highest BCUT2D eigenvalue weighted by Gasteiger charge is 2.07. The van der Waals surface area contributed by atoms with Crippen LogP contribution >= 0.6 is 0 Å². The van der Waals surface area contributed by atoms with E-state index in [0.29, 0.717) is 0 Å². The molecule has 0 amide bonds. The molecule has 0 fully saturated rings. The van der Waals surface area contributed by atoms with Gasteiger partial charge in [0.15, 0.2) is 0 Å². The van der Waals surface area contributed by atoms with E-state index in [0.717, 1.165) is 23.6 Å². The second kappa shape index (κ2) is 4.61. The standard InChI is InChI=1S/C12H16N2/c1-5-8-10-11(7-3)14(4)12(13-10)9-6-2/h5-8H,2-3,9H2,1,4H3/b8-5-. The largest absolute Gasteiger partial charge is 0.331 e. The lowest BCUT2D eigenvalue weighted by Gasteiger charge is -1.99. The molecule has 0 aliphatic carbocycles. The van der Waals surface area contributed by atoms with Crippen molar-refractivity contribution in [1.82, 2.24) is 9.55 Å². The number of aromatic nitrogens is 2. The highest BCUT2D eigenvalue weighted by atomic mass is 15.1. The Morgan fingerprint density at radius 2 is 2.14 bits per heavy atom. The van der Waals surface area contributed by atoms with Crippen LogP contribution in [-0.4, -0.2) is 9.55 Å². The van der Waals surface area contributed by atoms with Crippen LogP contribution in [0.15, 0.2) is 25.3 Å². The van der Waals surface area contributed by atoms with Crippen molar-refractivity contribution in [1.29, 1.82) is 0 Å². The first-order valence-electron chi connectivity index (χ1n) is 4.66. The third-order valence-corrected chi connectivity index (χ3v) is 2.11. The van der Waals surface area contributed by atoms with Gasteiger partial charge in [0.05, 0.1) is 11.4 Å². The number of allylic oxidation sites excluding steroid dienone is 2. The molecule has 1 aromatic rings. The molecule has 0 radical (unpaired) electrons. The van der Waals surface area contributed by atoms with E-state index in [1.807, 2.05) is 42.8 Å². The van der Waals surface area contributed by atoms with Gasteiger partial charge in [0.2, 0.25) is 0 Å². The van der Waals surface area contributed by atoms with Gasteiger partial charge < -0.3 is 4.57 Å². The summed E-state index contributed by atoms with van der Waals surface area (Å²) in [4.78, 5) is 4.49. The summed E-state index contributed by atoms with van der Waals surface area (Å²) in [6.45, 7) is 9.48. The lowest BCUT2D eigenvalue weighted by molar-refractivity contribution is 0.823. The maximum absolute atomic E-state index is 4.49. The van der Waals surface area contributed by atoms with Crippen molar-refractivity contribution >= 4 is 12.2 Å². The molecular formula is C12H16N2. The molecule has 1 rings (SSSR count). The maximum Gasteiger partial charge on any atom is 0.113 e. The maximum atomic E-state index is 4.49. The molecule has 0 saturated carbocycles. The van der Waals surface area contributed by atoms with E-state index in [1.165, 1.54) is 0 Å². The molecule has 0 saturated heterocycles. The molecule has 74 valence electrons. The minimum Gasteiger partial charge on any atom is -0.331 e. The summed E-state index contributed by atoms with van der Waals surface area (Å²) in [7, 11) is 2.00. The summed E-state index contributed by atoms with van der Waals surface area (Å²) in [5, 5.41) is 0. The molecule has 0 aliphatic rings. The van der Waals surface area contributed by atoms with E-state index in [2.05, 4.69) is 18.1 Å². The topological polar surface area (TPSA) is 17.8 Å². The Labute approximate surface area is 85.3 Å². The lowest BCUT2D eigenvalue weighted by Crippen LogP contribution is -1.97. The van der Waals surface area contributed by atoms with Gasteiger partial charge >= 0.3 is 0 Å². The molecule has 1 aromatic heterocycles. The summed E-state index contributed by atoms with van der Waals surface area (Å²) in [6.07, 6.45) is 8.44. The fourth-order valence-electron chi connectivity index (χ4n) is 1.42. The Morgan fingerprint density at radius 1 is 1.43 bits per heavy atom. The Kier molecular flexibility index (Phi) is 3.46. The molecule has 0 bridgehead atoms. The zero-order chi connectivity index (χ0) is 10.6. The molecule has 0 aliphatic heterocycles. The normalized spacial score (nSPS) is 10.7. The van der Waals surface area contributed by atoms with Crippen LogP contribution < -0.4 is 0 Å². The predicted molar refractivity (Wildman–Crippen MR) is 61.9 cm³/mol. The fraction of sp³-hybridized carbons (Fsp3) is 0.250. The van der Waals surface area contributed by atoms with Crippen LogP contribution in [0, 0.1) is 0 Å². The van der Waals surface area contributed by atoms with Crippen molar-refractivity contribution in [2.45, 2.75) is 13.3 Å². The molecular weight excluding hydrogens is 172 g/mol. The van der Waals surface area contributed by atoms with Gasteiger partial charge in [0.25, 0.3) is 0 Å². The summed E-state index contributed by atoms with van der Waals surface area (Å²) >= 11 is 0.